The van der Waals surface area contributed by atoms with E-state index < -0.39 is 6.04 Å². The first-order valence-electron chi connectivity index (χ1n) is 6.48. The highest BCUT2D eigenvalue weighted by atomic mass is 19.1. The van der Waals surface area contributed by atoms with Crippen LogP contribution in [0.4, 0.5) is 4.39 Å². The molecule has 2 unspecified atom stereocenters. The molecule has 2 rings (SSSR count). The Labute approximate surface area is 112 Å². The molecule has 1 saturated carbocycles. The van der Waals surface area contributed by atoms with Crippen LogP contribution in [0.3, 0.4) is 0 Å². The lowest BCUT2D eigenvalue weighted by atomic mass is 10.1. The summed E-state index contributed by atoms with van der Waals surface area (Å²) in [5.74, 6) is -0.173. The fourth-order valence-electron chi connectivity index (χ4n) is 2.17. The van der Waals surface area contributed by atoms with Crippen molar-refractivity contribution in [2.24, 2.45) is 11.8 Å². The van der Waals surface area contributed by atoms with Crippen molar-refractivity contribution in [3.8, 4) is 6.07 Å². The zero-order valence-electron chi connectivity index (χ0n) is 11.1. The molecule has 0 aromatic heterocycles. The molecule has 3 nitrogen and oxygen atoms in total. The van der Waals surface area contributed by atoms with E-state index in [1.54, 1.807) is 12.1 Å². The number of nitriles is 1. The molecule has 0 radical (unpaired) electrons. The molecule has 0 spiro atoms. The van der Waals surface area contributed by atoms with Gasteiger partial charge in [-0.25, -0.2) is 4.39 Å². The molecule has 1 aliphatic rings. The van der Waals surface area contributed by atoms with Gasteiger partial charge in [0.2, 0.25) is 5.91 Å². The van der Waals surface area contributed by atoms with Crippen molar-refractivity contribution < 1.29 is 9.18 Å². The fourth-order valence-corrected chi connectivity index (χ4v) is 2.17. The summed E-state index contributed by atoms with van der Waals surface area (Å²) in [6.07, 6.45) is 0.772. The smallest absolute Gasteiger partial charge is 0.224 e. The number of carbonyl (C=O) groups excluding carboxylic acids is 1. The molecule has 0 heterocycles. The Morgan fingerprint density at radius 1 is 1.42 bits per heavy atom. The summed E-state index contributed by atoms with van der Waals surface area (Å²) in [7, 11) is 0. The van der Waals surface area contributed by atoms with Crippen LogP contribution in [0.25, 0.3) is 0 Å². The van der Waals surface area contributed by atoms with Gasteiger partial charge in [0, 0.05) is 5.92 Å². The normalized spacial score (nSPS) is 22.7. The standard InChI is InChI=1S/C15H17FN2O/c1-9(2)14(8-17)18-15(19)13-7-12(13)10-3-5-11(16)6-4-10/h3-6,9,12-14H,7H2,1-2H3,(H,18,19)/t12?,13?,14-/m0/s1. The number of hydrogen-bond acceptors (Lipinski definition) is 2. The van der Waals surface area contributed by atoms with Crippen LogP contribution in [0, 0.1) is 29.0 Å². The Bertz CT molecular complexity index is 504. The van der Waals surface area contributed by atoms with Crippen molar-refractivity contribution in [1.29, 1.82) is 5.26 Å². The minimum Gasteiger partial charge on any atom is -0.340 e. The summed E-state index contributed by atoms with van der Waals surface area (Å²) in [6, 6.07) is 7.92. The molecule has 1 aliphatic carbocycles. The summed E-state index contributed by atoms with van der Waals surface area (Å²) in [5.41, 5.74) is 0.986. The van der Waals surface area contributed by atoms with Crippen LogP contribution in [0.1, 0.15) is 31.7 Å². The Kier molecular flexibility index (Phi) is 3.84. The highest BCUT2D eigenvalue weighted by Crippen LogP contribution is 2.47. The summed E-state index contributed by atoms with van der Waals surface area (Å²) in [5, 5.41) is 11.7. The van der Waals surface area contributed by atoms with Crippen molar-refractivity contribution >= 4 is 5.91 Å². The Morgan fingerprint density at radius 2 is 2.05 bits per heavy atom. The highest BCUT2D eigenvalue weighted by molar-refractivity contribution is 5.83. The summed E-state index contributed by atoms with van der Waals surface area (Å²) < 4.78 is 12.8. The van der Waals surface area contributed by atoms with Gasteiger partial charge in [0.05, 0.1) is 6.07 Å². The minimum atomic E-state index is -0.443. The van der Waals surface area contributed by atoms with E-state index in [4.69, 9.17) is 5.26 Å². The molecule has 3 atom stereocenters. The monoisotopic (exact) mass is 260 g/mol. The molecule has 0 bridgehead atoms. The molecule has 1 N–H and O–H groups in total. The largest absolute Gasteiger partial charge is 0.340 e. The van der Waals surface area contributed by atoms with Gasteiger partial charge in [-0.05, 0) is 36.0 Å². The van der Waals surface area contributed by atoms with Crippen molar-refractivity contribution in [3.05, 3.63) is 35.6 Å². The Hall–Kier alpha value is -1.89. The van der Waals surface area contributed by atoms with Crippen LogP contribution < -0.4 is 5.32 Å². The van der Waals surface area contributed by atoms with Gasteiger partial charge in [0.1, 0.15) is 11.9 Å². The minimum absolute atomic E-state index is 0.0745. The number of hydrogen-bond donors (Lipinski definition) is 1. The third-order valence-corrected chi connectivity index (χ3v) is 3.53. The molecule has 1 fully saturated rings. The predicted octanol–water partition coefficient (Wildman–Crippen LogP) is 2.59. The first-order chi connectivity index (χ1) is 9.02. The molecule has 100 valence electrons. The second kappa shape index (κ2) is 5.40. The second-order valence-corrected chi connectivity index (χ2v) is 5.36. The third-order valence-electron chi connectivity index (χ3n) is 3.53. The van der Waals surface area contributed by atoms with Gasteiger partial charge in [-0.1, -0.05) is 26.0 Å². The highest BCUT2D eigenvalue weighted by Gasteiger charge is 2.44. The van der Waals surface area contributed by atoms with Crippen molar-refractivity contribution in [2.75, 3.05) is 0 Å². The van der Waals surface area contributed by atoms with Gasteiger partial charge in [-0.3, -0.25) is 4.79 Å². The summed E-state index contributed by atoms with van der Waals surface area (Å²) >= 11 is 0. The van der Waals surface area contributed by atoms with Crippen molar-refractivity contribution in [3.63, 3.8) is 0 Å². The second-order valence-electron chi connectivity index (χ2n) is 5.36. The maximum Gasteiger partial charge on any atom is 0.224 e. The van der Waals surface area contributed by atoms with Gasteiger partial charge in [0.25, 0.3) is 0 Å². The number of amides is 1. The van der Waals surface area contributed by atoms with Gasteiger partial charge < -0.3 is 5.32 Å². The first kappa shape index (κ1) is 13.5. The molecular weight excluding hydrogens is 243 g/mol. The van der Waals surface area contributed by atoms with Crippen LogP contribution in [0.2, 0.25) is 0 Å². The SMILES string of the molecule is CC(C)[C@H](C#N)NC(=O)C1CC1c1ccc(F)cc1. The van der Waals surface area contributed by atoms with Gasteiger partial charge in [-0.2, -0.15) is 5.26 Å². The lowest BCUT2D eigenvalue weighted by molar-refractivity contribution is -0.123. The van der Waals surface area contributed by atoms with E-state index in [1.807, 2.05) is 13.8 Å². The van der Waals surface area contributed by atoms with Gasteiger partial charge in [0.15, 0.2) is 0 Å². The molecule has 1 aromatic carbocycles. The molecule has 0 saturated heterocycles. The molecule has 4 heteroatoms. The molecule has 19 heavy (non-hydrogen) atoms. The van der Waals surface area contributed by atoms with Gasteiger partial charge in [-0.15, -0.1) is 0 Å². The summed E-state index contributed by atoms with van der Waals surface area (Å²) in [4.78, 5) is 12.0. The zero-order chi connectivity index (χ0) is 14.0. The third kappa shape index (κ3) is 3.11. The molecule has 0 aliphatic heterocycles. The van der Waals surface area contributed by atoms with E-state index >= 15 is 0 Å². The topological polar surface area (TPSA) is 52.9 Å². The maximum atomic E-state index is 12.8. The van der Waals surface area contributed by atoms with Crippen LogP contribution in [0.5, 0.6) is 0 Å². The van der Waals surface area contributed by atoms with Crippen LogP contribution in [0.15, 0.2) is 24.3 Å². The van der Waals surface area contributed by atoms with Crippen LogP contribution >= 0.6 is 0 Å². The molecule has 1 amide bonds. The Balaban J connectivity index is 1.94. The number of nitrogens with one attached hydrogen (secondary N) is 1. The van der Waals surface area contributed by atoms with E-state index in [9.17, 15) is 9.18 Å². The van der Waals surface area contributed by atoms with Crippen molar-refractivity contribution in [2.45, 2.75) is 32.2 Å². The maximum absolute atomic E-state index is 12.8. The quantitative estimate of drug-likeness (QED) is 0.904. The average molecular weight is 260 g/mol. The number of nitrogens with zero attached hydrogens (tertiary/aromatic N) is 1. The summed E-state index contributed by atoms with van der Waals surface area (Å²) in [6.45, 7) is 3.80. The average Bonchev–Trinajstić information content (AvgIpc) is 3.16. The van der Waals surface area contributed by atoms with Crippen LogP contribution in [-0.2, 0) is 4.79 Å². The van der Waals surface area contributed by atoms with E-state index in [2.05, 4.69) is 11.4 Å². The molecular formula is C15H17FN2O. The number of benzene rings is 1. The van der Waals surface area contributed by atoms with Crippen LogP contribution in [-0.4, -0.2) is 11.9 Å². The first-order valence-corrected chi connectivity index (χ1v) is 6.48. The number of rotatable bonds is 4. The number of carbonyl (C=O) groups is 1. The Morgan fingerprint density at radius 3 is 2.58 bits per heavy atom. The van der Waals surface area contributed by atoms with Crippen molar-refractivity contribution in [1.82, 2.24) is 5.32 Å². The zero-order valence-corrected chi connectivity index (χ0v) is 11.1. The van der Waals surface area contributed by atoms with E-state index in [0.29, 0.717) is 0 Å². The molecule has 1 aromatic rings. The van der Waals surface area contributed by atoms with E-state index in [-0.39, 0.29) is 29.5 Å². The van der Waals surface area contributed by atoms with Gasteiger partial charge >= 0.3 is 0 Å². The fraction of sp³-hybridized carbons (Fsp3) is 0.467. The number of halogens is 1. The lowest BCUT2D eigenvalue weighted by Crippen LogP contribution is -2.38. The predicted molar refractivity (Wildman–Crippen MR) is 69.6 cm³/mol. The lowest BCUT2D eigenvalue weighted by Gasteiger charge is -2.14. The van der Waals surface area contributed by atoms with E-state index in [1.165, 1.54) is 12.1 Å². The van der Waals surface area contributed by atoms with E-state index in [0.717, 1.165) is 12.0 Å².